The van der Waals surface area contributed by atoms with E-state index in [1.807, 2.05) is 0 Å². The molecule has 0 aliphatic carbocycles. The molecule has 2 aromatic heterocycles. The minimum absolute atomic E-state index is 0. The summed E-state index contributed by atoms with van der Waals surface area (Å²) < 4.78 is 95.2. The maximum atomic E-state index is 13.1. The third-order valence-electron chi connectivity index (χ3n) is 6.76. The summed E-state index contributed by atoms with van der Waals surface area (Å²) in [7, 11) is -14.1. The molecule has 0 saturated heterocycles. The first kappa shape index (κ1) is 43.9. The van der Waals surface area contributed by atoms with Gasteiger partial charge in [-0.05, 0) is 61.8 Å². The van der Waals surface area contributed by atoms with Crippen molar-refractivity contribution < 1.29 is 48.4 Å². The van der Waals surface area contributed by atoms with E-state index in [1.165, 1.54) is 26.0 Å². The Balaban J connectivity index is 0.00000784. The molecule has 54 heavy (non-hydrogen) atoms. The van der Waals surface area contributed by atoms with Gasteiger partial charge in [0, 0.05) is 41.7 Å². The molecule has 0 bridgehead atoms. The van der Waals surface area contributed by atoms with Crippen LogP contribution in [0.4, 0.5) is 40.3 Å². The third kappa shape index (κ3) is 10.8. The standard InChI is InChI=1S/C26H26ClN11O12S3.Na/c1-3-38-22(40)19(21(28)39)12(2)20(23(38)41)37-36-17-10-15(30-26-32-24(27)31-25(29)33-26)16(11-18(17)52(44,45)46)35-34-13-4-6-14(7-5-13)51(42,43)9-8-50-53(47,48)49;/h4-7,10-11,40H,3,8-9H2,1-2H3,(H2,28,39)(H,44,45,46)(H,47,48,49)(H3,29,30,31,32,33);. The van der Waals surface area contributed by atoms with Gasteiger partial charge >= 0.3 is 10.4 Å². The second kappa shape index (κ2) is 17.3. The average molecular weight is 839 g/mol. The Hall–Kier alpha value is -4.51. The zero-order valence-corrected chi connectivity index (χ0v) is 33.1. The van der Waals surface area contributed by atoms with Crippen molar-refractivity contribution in [2.75, 3.05) is 23.4 Å². The first-order valence-electron chi connectivity index (χ1n) is 14.2. The molecule has 23 nitrogen and oxygen atoms in total. The van der Waals surface area contributed by atoms with Crippen LogP contribution in [0.1, 0.15) is 22.8 Å². The number of nitrogens with two attached hydrogens (primary N) is 2. The number of nitrogens with zero attached hydrogens (tertiary/aromatic N) is 8. The largest absolute Gasteiger partial charge is 0.494 e. The number of carbonyl (C=O) groups excluding carboxylic acids is 1. The molecular weight excluding hydrogens is 813 g/mol. The molecule has 8 N–H and O–H groups in total. The summed E-state index contributed by atoms with van der Waals surface area (Å²) in [5.41, 5.74) is 7.85. The predicted molar refractivity (Wildman–Crippen MR) is 190 cm³/mol. The van der Waals surface area contributed by atoms with Crippen LogP contribution in [0.5, 0.6) is 5.88 Å². The Labute approximate surface area is 332 Å². The van der Waals surface area contributed by atoms with Gasteiger partial charge in [-0.1, -0.05) is 0 Å². The van der Waals surface area contributed by atoms with Gasteiger partial charge in [0.25, 0.3) is 21.6 Å². The topological polar surface area (TPSA) is 364 Å². The second-order valence-corrected chi connectivity index (χ2v) is 15.2. The van der Waals surface area contributed by atoms with E-state index in [0.29, 0.717) is 0 Å². The van der Waals surface area contributed by atoms with Gasteiger partial charge in [0.2, 0.25) is 23.1 Å². The van der Waals surface area contributed by atoms with Crippen LogP contribution in [0, 0.1) is 6.92 Å². The monoisotopic (exact) mass is 838 g/mol. The van der Waals surface area contributed by atoms with Crippen molar-refractivity contribution in [3.05, 3.63) is 63.2 Å². The molecule has 0 atom stereocenters. The zero-order valence-electron chi connectivity index (χ0n) is 27.9. The summed E-state index contributed by atoms with van der Waals surface area (Å²) in [4.78, 5) is 35.3. The molecule has 1 radical (unpaired) electrons. The number of hydrogen-bond acceptors (Lipinski definition) is 19. The summed E-state index contributed by atoms with van der Waals surface area (Å²) in [5, 5.41) is 28.4. The SMILES string of the molecule is CCn1c(O)c(C(N)=O)c(C)c(N=Nc2cc(Nc3nc(N)nc(Cl)n3)c(N=Nc3ccc(S(=O)(=O)CCOS(=O)(=O)O)cc3)cc2S(=O)(=O)O)c1=O.[Na]. The van der Waals surface area contributed by atoms with E-state index in [0.717, 1.165) is 28.8 Å². The van der Waals surface area contributed by atoms with Crippen molar-refractivity contribution in [1.29, 1.82) is 0 Å². The fraction of sp³-hybridized carbons (Fsp3) is 0.192. The van der Waals surface area contributed by atoms with E-state index in [1.54, 1.807) is 0 Å². The number of carbonyl (C=O) groups is 1. The van der Waals surface area contributed by atoms with Crippen LogP contribution in [0.2, 0.25) is 5.28 Å². The number of nitrogens with one attached hydrogen (secondary N) is 1. The number of halogens is 1. The van der Waals surface area contributed by atoms with Crippen molar-refractivity contribution in [2.45, 2.75) is 30.2 Å². The van der Waals surface area contributed by atoms with E-state index < -0.39 is 81.9 Å². The van der Waals surface area contributed by atoms with Crippen molar-refractivity contribution in [3.63, 3.8) is 0 Å². The van der Waals surface area contributed by atoms with E-state index in [2.05, 4.69) is 44.9 Å². The number of primary amides is 1. The van der Waals surface area contributed by atoms with E-state index in [-0.39, 0.29) is 80.8 Å². The van der Waals surface area contributed by atoms with Crippen molar-refractivity contribution in [2.24, 2.45) is 26.2 Å². The first-order valence-corrected chi connectivity index (χ1v) is 19.1. The minimum atomic E-state index is -5.14. The van der Waals surface area contributed by atoms with Gasteiger partial charge in [0.1, 0.15) is 21.8 Å². The number of aromatic hydroxyl groups is 1. The quantitative estimate of drug-likeness (QED) is 0.0603. The molecule has 2 heterocycles. The number of hydrogen-bond donors (Lipinski definition) is 6. The number of nitrogen functional groups attached to an aromatic ring is 1. The maximum Gasteiger partial charge on any atom is 0.397 e. The maximum absolute atomic E-state index is 13.1. The van der Waals surface area contributed by atoms with Gasteiger partial charge in [0.05, 0.1) is 28.6 Å². The Bertz CT molecular complexity index is 2550. The molecule has 0 aliphatic heterocycles. The van der Waals surface area contributed by atoms with Crippen LogP contribution in [0.15, 0.2) is 71.4 Å². The van der Waals surface area contributed by atoms with Crippen molar-refractivity contribution in [1.82, 2.24) is 19.5 Å². The average Bonchev–Trinajstić information content (AvgIpc) is 3.02. The van der Waals surface area contributed by atoms with Crippen LogP contribution in [-0.2, 0) is 41.1 Å². The van der Waals surface area contributed by atoms with Crippen LogP contribution in [-0.4, -0.2) is 107 Å². The van der Waals surface area contributed by atoms with Crippen LogP contribution < -0.4 is 22.3 Å². The smallest absolute Gasteiger partial charge is 0.397 e. The van der Waals surface area contributed by atoms with Gasteiger partial charge in [-0.3, -0.25) is 23.3 Å². The Morgan fingerprint density at radius 1 is 0.981 bits per heavy atom. The number of anilines is 3. The molecule has 28 heteroatoms. The molecule has 0 unspecified atom stereocenters. The summed E-state index contributed by atoms with van der Waals surface area (Å²) >= 11 is 5.88. The molecule has 0 aliphatic rings. The number of aromatic nitrogens is 4. The number of pyridine rings is 1. The van der Waals surface area contributed by atoms with Crippen LogP contribution in [0.3, 0.4) is 0 Å². The molecule has 4 rings (SSSR count). The van der Waals surface area contributed by atoms with Gasteiger partial charge < -0.3 is 21.9 Å². The Kier molecular flexibility index (Phi) is 14.1. The van der Waals surface area contributed by atoms with Crippen LogP contribution in [0.25, 0.3) is 0 Å². The molecule has 0 saturated carbocycles. The minimum Gasteiger partial charge on any atom is -0.494 e. The molecule has 0 spiro atoms. The summed E-state index contributed by atoms with van der Waals surface area (Å²) in [5.74, 6) is -3.25. The fourth-order valence-corrected chi connectivity index (χ4v) is 6.66. The molecule has 4 aromatic rings. The number of benzene rings is 2. The van der Waals surface area contributed by atoms with Gasteiger partial charge in [-0.15, -0.1) is 15.3 Å². The fourth-order valence-electron chi connectivity index (χ4n) is 4.38. The Morgan fingerprint density at radius 2 is 1.61 bits per heavy atom. The van der Waals surface area contributed by atoms with Gasteiger partial charge in [-0.25, -0.2) is 12.6 Å². The van der Waals surface area contributed by atoms with Gasteiger partial charge in [0.15, 0.2) is 15.5 Å². The number of sulfone groups is 1. The van der Waals surface area contributed by atoms with Crippen molar-refractivity contribution in [3.8, 4) is 5.88 Å². The number of rotatable bonds is 14. The second-order valence-electron chi connectivity index (χ2n) is 10.3. The van der Waals surface area contributed by atoms with E-state index >= 15 is 0 Å². The number of amides is 1. The molecule has 1 amide bonds. The zero-order chi connectivity index (χ0) is 39.5. The summed E-state index contributed by atoms with van der Waals surface area (Å²) in [6.45, 7) is 1.74. The molecular formula is C26H26ClN11NaO12S3. The summed E-state index contributed by atoms with van der Waals surface area (Å²) in [6, 6.07) is 6.34. The molecule has 283 valence electrons. The molecule has 0 fully saturated rings. The van der Waals surface area contributed by atoms with Crippen molar-refractivity contribution >= 4 is 118 Å². The summed E-state index contributed by atoms with van der Waals surface area (Å²) in [6.07, 6.45) is 0. The van der Waals surface area contributed by atoms with E-state index in [9.17, 15) is 44.5 Å². The van der Waals surface area contributed by atoms with E-state index in [4.69, 9.17) is 27.6 Å². The molecule has 2 aromatic carbocycles. The normalized spacial score (nSPS) is 12.2. The van der Waals surface area contributed by atoms with Crippen LogP contribution >= 0.6 is 11.6 Å². The Morgan fingerprint density at radius 3 is 2.17 bits per heavy atom. The predicted octanol–water partition coefficient (Wildman–Crippen LogP) is 2.44. The third-order valence-corrected chi connectivity index (χ3v) is 9.97. The number of azo groups is 2. The first-order chi connectivity index (χ1) is 24.6. The van der Waals surface area contributed by atoms with Gasteiger partial charge in [-0.2, -0.15) is 36.9 Å².